The van der Waals surface area contributed by atoms with Gasteiger partial charge in [0.25, 0.3) is 0 Å². The topological polar surface area (TPSA) is 25.3 Å². The van der Waals surface area contributed by atoms with Crippen LogP contribution in [-0.2, 0) is 19.3 Å². The Kier molecular flexibility index (Phi) is 12.9. The summed E-state index contributed by atoms with van der Waals surface area (Å²) in [6.45, 7) is 15.7. The Morgan fingerprint density at radius 1 is 0.575 bits per heavy atom. The van der Waals surface area contributed by atoms with Crippen LogP contribution < -0.4 is 0 Å². The number of benzene rings is 2. The van der Waals surface area contributed by atoms with Gasteiger partial charge in [0, 0.05) is 22.8 Å². The Morgan fingerprint density at radius 3 is 1.65 bits per heavy atom. The molecule has 0 amide bonds. The molecule has 1 aliphatic rings. The zero-order valence-corrected chi connectivity index (χ0v) is 26.9. The lowest BCUT2D eigenvalue weighted by atomic mass is 9.87. The van der Waals surface area contributed by atoms with Gasteiger partial charge >= 0.3 is 0 Å². The van der Waals surface area contributed by atoms with Crippen LogP contribution in [0.5, 0.6) is 0 Å². The van der Waals surface area contributed by atoms with Crippen molar-refractivity contribution in [2.45, 2.75) is 145 Å². The van der Waals surface area contributed by atoms with Gasteiger partial charge in [-0.1, -0.05) is 72.6 Å². The summed E-state index contributed by atoms with van der Waals surface area (Å²) in [6.07, 6.45) is 20.3. The number of nitrogens with zero attached hydrogens (tertiary/aromatic N) is 2. The van der Waals surface area contributed by atoms with Crippen LogP contribution in [0.2, 0.25) is 0 Å². The molecule has 0 atom stereocenters. The van der Waals surface area contributed by atoms with Crippen LogP contribution in [0.3, 0.4) is 0 Å². The molecule has 0 fully saturated rings. The number of hydrogen-bond acceptors (Lipinski definition) is 0. The van der Waals surface area contributed by atoms with Crippen molar-refractivity contribution in [2.24, 2.45) is 0 Å². The summed E-state index contributed by atoms with van der Waals surface area (Å²) in [5, 5.41) is 0. The van der Waals surface area contributed by atoms with E-state index in [2.05, 4.69) is 78.8 Å². The summed E-state index contributed by atoms with van der Waals surface area (Å²) in [6, 6.07) is 9.36. The number of aryl methyl sites for hydroxylation is 4. The summed E-state index contributed by atoms with van der Waals surface area (Å²) in [5.74, 6) is 0. The average Bonchev–Trinajstić information content (AvgIpc) is 3.27. The van der Waals surface area contributed by atoms with Crippen molar-refractivity contribution in [1.29, 1.82) is 0 Å². The lowest BCUT2D eigenvalue weighted by Gasteiger charge is -2.19. The number of rotatable bonds is 17. The van der Waals surface area contributed by atoms with Gasteiger partial charge in [-0.25, -0.2) is 4.70 Å². The highest BCUT2D eigenvalue weighted by Gasteiger charge is 2.30. The van der Waals surface area contributed by atoms with Gasteiger partial charge in [-0.2, -0.15) is 0 Å². The van der Waals surface area contributed by atoms with Gasteiger partial charge in [0.15, 0.2) is 0 Å². The highest BCUT2D eigenvalue weighted by atomic mass is 15.2. The second kappa shape index (κ2) is 16.1. The van der Waals surface area contributed by atoms with E-state index in [1.807, 2.05) is 0 Å². The van der Waals surface area contributed by atoms with Crippen LogP contribution in [0.1, 0.15) is 149 Å². The highest BCUT2D eigenvalue weighted by Crippen LogP contribution is 2.40. The van der Waals surface area contributed by atoms with Crippen LogP contribution in [0.4, 0.5) is 0 Å². The smallest absolute Gasteiger partial charge is 0.210 e. The van der Waals surface area contributed by atoms with Gasteiger partial charge in [-0.05, 0) is 130 Å². The zero-order chi connectivity index (χ0) is 29.1. The van der Waals surface area contributed by atoms with E-state index in [1.165, 1.54) is 121 Å². The van der Waals surface area contributed by atoms with Crippen molar-refractivity contribution in [2.75, 3.05) is 0 Å². The minimum absolute atomic E-state index is 0.921. The average molecular weight is 541 g/mol. The van der Waals surface area contributed by atoms with E-state index >= 15 is 0 Å². The molecule has 0 aliphatic carbocycles. The maximum atomic E-state index is 11.9. The van der Waals surface area contributed by atoms with Crippen molar-refractivity contribution in [1.82, 2.24) is 0 Å². The van der Waals surface area contributed by atoms with Gasteiger partial charge in [-0.15, -0.1) is 0 Å². The van der Waals surface area contributed by atoms with E-state index in [1.54, 1.807) is 5.56 Å². The Hall–Kier alpha value is -2.48. The minimum Gasteiger partial charge on any atom is -0.493 e. The van der Waals surface area contributed by atoms with Crippen LogP contribution in [0, 0.1) is 20.8 Å². The second-order valence-electron chi connectivity index (χ2n) is 12.2. The predicted molar refractivity (Wildman–Crippen MR) is 175 cm³/mol. The summed E-state index contributed by atoms with van der Waals surface area (Å²) in [5.41, 5.74) is 25.9. The van der Waals surface area contributed by atoms with Crippen molar-refractivity contribution in [3.63, 3.8) is 0 Å². The number of hydrogen-bond donors (Lipinski definition) is 0. The Balaban J connectivity index is 2.11. The Labute approximate surface area is 246 Å². The lowest BCUT2D eigenvalue weighted by molar-refractivity contribution is -0.344. The standard InChI is InChI=1S/C38H56N2/c1-8-12-16-17-18-21-33-27-37(34-23-28(5)30(7)29(6)24-34)40(39)38(33)35-25-31(19-13-9-2)36(22-15-11-4)32(26-35)20-14-10-3/h23-27H,8-22H2,1-7H3. The first-order valence-corrected chi connectivity index (χ1v) is 16.5. The highest BCUT2D eigenvalue weighted by molar-refractivity contribution is 5.79. The molecule has 0 saturated heterocycles. The molecule has 1 heterocycles. The second-order valence-corrected chi connectivity index (χ2v) is 12.2. The van der Waals surface area contributed by atoms with Crippen LogP contribution in [-0.4, -0.2) is 4.70 Å². The van der Waals surface area contributed by atoms with Crippen LogP contribution in [0.15, 0.2) is 35.9 Å². The lowest BCUT2D eigenvalue weighted by Crippen LogP contribution is -2.08. The molecule has 218 valence electrons. The molecular weight excluding hydrogens is 484 g/mol. The van der Waals surface area contributed by atoms with E-state index in [-0.39, 0.29) is 0 Å². The molecule has 1 aliphatic heterocycles. The maximum absolute atomic E-state index is 11.9. The largest absolute Gasteiger partial charge is 0.493 e. The van der Waals surface area contributed by atoms with E-state index in [9.17, 15) is 5.53 Å². The molecule has 0 spiro atoms. The van der Waals surface area contributed by atoms with Crippen LogP contribution in [0.25, 0.3) is 16.9 Å². The third-order valence-corrected chi connectivity index (χ3v) is 8.92. The third-order valence-electron chi connectivity index (χ3n) is 8.92. The first-order valence-electron chi connectivity index (χ1n) is 16.5. The minimum atomic E-state index is 0.921. The SMILES string of the molecule is CCCCCCCC1=C(c2cc(CCCC)c(CCCC)c(CCCC)c2)[N+](=[N-])C(c2cc(C)c(C)c(C)c2)=C1. The van der Waals surface area contributed by atoms with Gasteiger partial charge in [0.2, 0.25) is 11.4 Å². The summed E-state index contributed by atoms with van der Waals surface area (Å²) < 4.78 is 1.53. The fourth-order valence-electron chi connectivity index (χ4n) is 6.15. The summed E-state index contributed by atoms with van der Waals surface area (Å²) >= 11 is 0. The number of allylic oxidation sites excluding steroid dienone is 2. The van der Waals surface area contributed by atoms with Gasteiger partial charge in [-0.3, -0.25) is 0 Å². The Bertz CT molecular complexity index is 1160. The van der Waals surface area contributed by atoms with Gasteiger partial charge in [0.1, 0.15) is 0 Å². The maximum Gasteiger partial charge on any atom is 0.210 e. The van der Waals surface area contributed by atoms with Crippen molar-refractivity contribution in [3.8, 4) is 0 Å². The molecule has 0 bridgehead atoms. The van der Waals surface area contributed by atoms with Crippen molar-refractivity contribution in [3.05, 3.63) is 86.0 Å². The van der Waals surface area contributed by atoms with E-state index in [4.69, 9.17) is 0 Å². The van der Waals surface area contributed by atoms with Crippen molar-refractivity contribution < 1.29 is 4.70 Å². The van der Waals surface area contributed by atoms with Gasteiger partial charge < -0.3 is 5.53 Å². The van der Waals surface area contributed by atoms with Gasteiger partial charge in [0.05, 0.1) is 0 Å². The molecule has 3 rings (SSSR count). The van der Waals surface area contributed by atoms with E-state index in [0.717, 1.165) is 36.2 Å². The summed E-state index contributed by atoms with van der Waals surface area (Å²) in [7, 11) is 0. The Morgan fingerprint density at radius 2 is 1.10 bits per heavy atom. The molecule has 0 saturated carbocycles. The van der Waals surface area contributed by atoms with Crippen molar-refractivity contribution >= 4 is 11.4 Å². The quantitative estimate of drug-likeness (QED) is 0.141. The molecule has 40 heavy (non-hydrogen) atoms. The molecule has 2 aromatic carbocycles. The van der Waals surface area contributed by atoms with E-state index < -0.39 is 0 Å². The fraction of sp³-hybridized carbons (Fsp3) is 0.579. The normalized spacial score (nSPS) is 13.5. The molecule has 0 aromatic heterocycles. The fourth-order valence-corrected chi connectivity index (χ4v) is 6.15. The molecule has 2 nitrogen and oxygen atoms in total. The van der Waals surface area contributed by atoms with Crippen LogP contribution >= 0.6 is 0 Å². The summed E-state index contributed by atoms with van der Waals surface area (Å²) in [4.78, 5) is 0. The molecular formula is C38H56N2. The predicted octanol–water partition coefficient (Wildman–Crippen LogP) is 11.8. The monoisotopic (exact) mass is 540 g/mol. The zero-order valence-electron chi connectivity index (χ0n) is 26.9. The molecule has 2 aromatic rings. The molecule has 0 N–H and O–H groups in total. The van der Waals surface area contributed by atoms with E-state index in [0.29, 0.717) is 0 Å². The molecule has 0 radical (unpaired) electrons. The first-order chi connectivity index (χ1) is 19.4. The number of unbranched alkanes of at least 4 members (excludes halogenated alkanes) is 7. The third kappa shape index (κ3) is 8.05. The molecule has 0 unspecified atom stereocenters. The molecule has 2 heteroatoms. The first kappa shape index (κ1) is 32.0.